The molecule has 1 heterocycles. The first-order valence-corrected chi connectivity index (χ1v) is 5.38. The molecule has 0 radical (unpaired) electrons. The van der Waals surface area contributed by atoms with E-state index in [1.165, 1.54) is 18.5 Å². The van der Waals surface area contributed by atoms with Crippen LogP contribution in [0.1, 0.15) is 23.7 Å². The number of carboxylic acid groups (broad SMARTS) is 1. The van der Waals surface area contributed by atoms with Gasteiger partial charge in [-0.15, -0.1) is 0 Å². The summed E-state index contributed by atoms with van der Waals surface area (Å²) in [6, 6.07) is 3.98. The highest BCUT2D eigenvalue weighted by atomic mass is 16.4. The summed E-state index contributed by atoms with van der Waals surface area (Å²) < 4.78 is 0. The minimum Gasteiger partial charge on any atom is -0.480 e. The van der Waals surface area contributed by atoms with Crippen LogP contribution in [-0.2, 0) is 4.79 Å². The molecule has 1 aromatic rings. The van der Waals surface area contributed by atoms with Crippen LogP contribution < -0.4 is 5.32 Å². The number of carbonyl (C=O) groups is 2. The number of rotatable bonds is 5. The first kappa shape index (κ1) is 13.6. The molecule has 0 fully saturated rings. The van der Waals surface area contributed by atoms with E-state index in [1.807, 2.05) is 6.07 Å². The molecular formula is C12H13N3O3. The molecular weight excluding hydrogens is 234 g/mol. The topological polar surface area (TPSA) is 103 Å². The fraction of sp³-hybridized carbons (Fsp3) is 0.333. The molecule has 0 unspecified atom stereocenters. The molecule has 0 aliphatic carbocycles. The molecule has 94 valence electrons. The predicted octanol–water partition coefficient (Wildman–Crippen LogP) is 0.814. The molecule has 1 aromatic heterocycles. The van der Waals surface area contributed by atoms with Crippen LogP contribution in [0.4, 0.5) is 0 Å². The minimum absolute atomic E-state index is 0.0673. The maximum absolute atomic E-state index is 11.7. The van der Waals surface area contributed by atoms with E-state index in [-0.39, 0.29) is 12.0 Å². The lowest BCUT2D eigenvalue weighted by Gasteiger charge is -2.15. The lowest BCUT2D eigenvalue weighted by Crippen LogP contribution is -2.41. The highest BCUT2D eigenvalue weighted by molar-refractivity contribution is 5.96. The molecule has 2 atom stereocenters. The third-order valence-corrected chi connectivity index (χ3v) is 2.34. The molecule has 6 heteroatoms. The van der Waals surface area contributed by atoms with Crippen LogP contribution >= 0.6 is 0 Å². The van der Waals surface area contributed by atoms with Gasteiger partial charge in [-0.05, 0) is 25.5 Å². The fourth-order valence-electron chi connectivity index (χ4n) is 1.37. The van der Waals surface area contributed by atoms with Crippen molar-refractivity contribution in [2.45, 2.75) is 19.4 Å². The van der Waals surface area contributed by atoms with Crippen LogP contribution in [0, 0.1) is 17.2 Å². The third kappa shape index (κ3) is 3.87. The Morgan fingerprint density at radius 1 is 1.61 bits per heavy atom. The molecule has 1 amide bonds. The summed E-state index contributed by atoms with van der Waals surface area (Å²) in [6.45, 7) is 1.60. The van der Waals surface area contributed by atoms with E-state index >= 15 is 0 Å². The van der Waals surface area contributed by atoms with Gasteiger partial charge in [0.05, 0.1) is 11.6 Å². The molecule has 6 nitrogen and oxygen atoms in total. The van der Waals surface area contributed by atoms with Crippen molar-refractivity contribution in [3.8, 4) is 6.07 Å². The summed E-state index contributed by atoms with van der Waals surface area (Å²) in [6.07, 6.45) is 2.93. The monoisotopic (exact) mass is 247 g/mol. The molecule has 0 aliphatic rings. The Labute approximate surface area is 104 Å². The van der Waals surface area contributed by atoms with E-state index in [4.69, 9.17) is 10.4 Å². The molecule has 1 rings (SSSR count). The number of carboxylic acids is 1. The number of nitrogens with zero attached hydrogens (tertiary/aromatic N) is 2. The van der Waals surface area contributed by atoms with Gasteiger partial charge in [0.25, 0.3) is 5.91 Å². The van der Waals surface area contributed by atoms with Crippen molar-refractivity contribution in [2.24, 2.45) is 5.92 Å². The van der Waals surface area contributed by atoms with Crippen LogP contribution in [-0.4, -0.2) is 28.0 Å². The lowest BCUT2D eigenvalue weighted by molar-refractivity contribution is -0.139. The molecule has 0 aromatic carbocycles. The van der Waals surface area contributed by atoms with Crippen molar-refractivity contribution in [3.63, 3.8) is 0 Å². The normalized spacial score (nSPS) is 13.1. The smallest absolute Gasteiger partial charge is 0.326 e. The summed E-state index contributed by atoms with van der Waals surface area (Å²) in [5, 5.41) is 20.0. The average Bonchev–Trinajstić information content (AvgIpc) is 2.38. The first-order chi connectivity index (χ1) is 8.54. The summed E-state index contributed by atoms with van der Waals surface area (Å²) >= 11 is 0. The van der Waals surface area contributed by atoms with E-state index in [2.05, 4.69) is 10.3 Å². The van der Waals surface area contributed by atoms with Gasteiger partial charge in [-0.1, -0.05) is 0 Å². The number of amides is 1. The Bertz CT molecular complexity index is 467. The first-order valence-electron chi connectivity index (χ1n) is 5.38. The Kier molecular flexibility index (Phi) is 4.81. The van der Waals surface area contributed by atoms with Gasteiger partial charge in [0.1, 0.15) is 6.04 Å². The SMILES string of the molecule is C[C@@H](C#N)C[C@H](NC(=O)c1cccnc1)C(=O)O. The van der Waals surface area contributed by atoms with E-state index in [1.54, 1.807) is 13.0 Å². The van der Waals surface area contributed by atoms with Crippen LogP contribution in [0.15, 0.2) is 24.5 Å². The standard InChI is InChI=1S/C12H13N3O3/c1-8(6-13)5-10(12(17)18)15-11(16)9-3-2-4-14-7-9/h2-4,7-8,10H,5H2,1H3,(H,15,16)(H,17,18)/t8-,10+/m1/s1. The maximum Gasteiger partial charge on any atom is 0.326 e. The van der Waals surface area contributed by atoms with Gasteiger partial charge < -0.3 is 10.4 Å². The Morgan fingerprint density at radius 2 is 2.33 bits per heavy atom. The van der Waals surface area contributed by atoms with Crippen LogP contribution in [0.3, 0.4) is 0 Å². The number of hydrogen-bond donors (Lipinski definition) is 2. The minimum atomic E-state index is -1.16. The highest BCUT2D eigenvalue weighted by Gasteiger charge is 2.22. The van der Waals surface area contributed by atoms with Crippen molar-refractivity contribution in [1.82, 2.24) is 10.3 Å². The number of aliphatic carboxylic acids is 1. The number of carbonyl (C=O) groups excluding carboxylic acids is 1. The number of hydrogen-bond acceptors (Lipinski definition) is 4. The van der Waals surface area contributed by atoms with Gasteiger partial charge in [-0.2, -0.15) is 5.26 Å². The zero-order chi connectivity index (χ0) is 13.5. The van der Waals surface area contributed by atoms with Crippen LogP contribution in [0.25, 0.3) is 0 Å². The quantitative estimate of drug-likeness (QED) is 0.801. The highest BCUT2D eigenvalue weighted by Crippen LogP contribution is 2.06. The molecule has 0 saturated heterocycles. The van der Waals surface area contributed by atoms with E-state index in [9.17, 15) is 9.59 Å². The molecule has 0 saturated carbocycles. The predicted molar refractivity (Wildman–Crippen MR) is 62.5 cm³/mol. The summed E-state index contributed by atoms with van der Waals surface area (Å²) in [5.74, 6) is -2.12. The number of nitriles is 1. The van der Waals surface area contributed by atoms with Crippen molar-refractivity contribution < 1.29 is 14.7 Å². The van der Waals surface area contributed by atoms with Gasteiger partial charge in [-0.3, -0.25) is 9.78 Å². The average molecular weight is 247 g/mol. The van der Waals surface area contributed by atoms with Gasteiger partial charge in [-0.25, -0.2) is 4.79 Å². The summed E-state index contributed by atoms with van der Waals surface area (Å²) in [7, 11) is 0. The largest absolute Gasteiger partial charge is 0.480 e. The molecule has 2 N–H and O–H groups in total. The van der Waals surface area contributed by atoms with Gasteiger partial charge in [0.2, 0.25) is 0 Å². The van der Waals surface area contributed by atoms with Gasteiger partial charge in [0.15, 0.2) is 0 Å². The van der Waals surface area contributed by atoms with Crippen molar-refractivity contribution in [3.05, 3.63) is 30.1 Å². The van der Waals surface area contributed by atoms with Crippen LogP contribution in [0.2, 0.25) is 0 Å². The van der Waals surface area contributed by atoms with E-state index < -0.39 is 23.8 Å². The van der Waals surface area contributed by atoms with E-state index in [0.29, 0.717) is 0 Å². The molecule has 0 aliphatic heterocycles. The summed E-state index contributed by atoms with van der Waals surface area (Å²) in [4.78, 5) is 26.5. The second-order valence-electron chi connectivity index (χ2n) is 3.87. The third-order valence-electron chi connectivity index (χ3n) is 2.34. The van der Waals surface area contributed by atoms with Crippen molar-refractivity contribution >= 4 is 11.9 Å². The van der Waals surface area contributed by atoms with Gasteiger partial charge in [0, 0.05) is 18.3 Å². The molecule has 18 heavy (non-hydrogen) atoms. The van der Waals surface area contributed by atoms with Crippen molar-refractivity contribution in [1.29, 1.82) is 5.26 Å². The number of nitrogens with one attached hydrogen (secondary N) is 1. The molecule has 0 spiro atoms. The van der Waals surface area contributed by atoms with Gasteiger partial charge >= 0.3 is 5.97 Å². The lowest BCUT2D eigenvalue weighted by atomic mass is 10.0. The fourth-order valence-corrected chi connectivity index (χ4v) is 1.37. The molecule has 0 bridgehead atoms. The zero-order valence-electron chi connectivity index (χ0n) is 9.83. The van der Waals surface area contributed by atoms with E-state index in [0.717, 1.165) is 0 Å². The summed E-state index contributed by atoms with van der Waals surface area (Å²) in [5.41, 5.74) is 0.286. The Balaban J connectivity index is 2.71. The Hall–Kier alpha value is -2.42. The van der Waals surface area contributed by atoms with Crippen LogP contribution in [0.5, 0.6) is 0 Å². The maximum atomic E-state index is 11.7. The van der Waals surface area contributed by atoms with Crippen molar-refractivity contribution in [2.75, 3.05) is 0 Å². The number of aromatic nitrogens is 1. The second kappa shape index (κ2) is 6.35. The zero-order valence-corrected chi connectivity index (χ0v) is 9.83. The Morgan fingerprint density at radius 3 is 2.83 bits per heavy atom. The second-order valence-corrected chi connectivity index (χ2v) is 3.87. The number of pyridine rings is 1.